The van der Waals surface area contributed by atoms with Crippen LogP contribution in [0.25, 0.3) is 0 Å². The summed E-state index contributed by atoms with van der Waals surface area (Å²) in [5.74, 6) is 1.30. The third kappa shape index (κ3) is 2.50. The van der Waals surface area contributed by atoms with E-state index in [0.717, 1.165) is 5.01 Å². The highest BCUT2D eigenvalue weighted by molar-refractivity contribution is 7.05. The van der Waals surface area contributed by atoms with Gasteiger partial charge in [0, 0.05) is 5.56 Å². The third-order valence-corrected chi connectivity index (χ3v) is 3.18. The lowest BCUT2D eigenvalue weighted by molar-refractivity contribution is 0.102. The van der Waals surface area contributed by atoms with Crippen molar-refractivity contribution in [3.8, 4) is 11.5 Å². The molecule has 1 aliphatic heterocycles. The van der Waals surface area contributed by atoms with Crippen molar-refractivity contribution in [3.05, 3.63) is 28.8 Å². The number of amides is 1. The van der Waals surface area contributed by atoms with Crippen molar-refractivity contribution in [2.75, 3.05) is 18.5 Å². The second kappa shape index (κ2) is 4.85. The van der Waals surface area contributed by atoms with Crippen LogP contribution in [0.4, 0.5) is 5.95 Å². The van der Waals surface area contributed by atoms with E-state index in [4.69, 9.17) is 9.47 Å². The van der Waals surface area contributed by atoms with Gasteiger partial charge >= 0.3 is 0 Å². The molecule has 1 aromatic carbocycles. The maximum atomic E-state index is 12.0. The molecule has 0 bridgehead atoms. The molecule has 6 nitrogen and oxygen atoms in total. The van der Waals surface area contributed by atoms with Crippen molar-refractivity contribution in [3.63, 3.8) is 0 Å². The molecule has 0 aliphatic carbocycles. The zero-order chi connectivity index (χ0) is 13.2. The molecule has 1 amide bonds. The molecule has 98 valence electrons. The third-order valence-electron chi connectivity index (χ3n) is 2.56. The van der Waals surface area contributed by atoms with Crippen molar-refractivity contribution in [1.29, 1.82) is 0 Å². The molecule has 0 spiro atoms. The largest absolute Gasteiger partial charge is 0.486 e. The van der Waals surface area contributed by atoms with E-state index in [2.05, 4.69) is 14.7 Å². The van der Waals surface area contributed by atoms with Crippen LogP contribution >= 0.6 is 11.5 Å². The molecule has 1 aliphatic rings. The average molecular weight is 277 g/mol. The molecule has 1 aromatic heterocycles. The van der Waals surface area contributed by atoms with E-state index in [1.807, 2.05) is 6.92 Å². The summed E-state index contributed by atoms with van der Waals surface area (Å²) >= 11 is 1.24. The number of hydrogen-bond donors (Lipinski definition) is 1. The van der Waals surface area contributed by atoms with Crippen LogP contribution in [0, 0.1) is 6.92 Å². The summed E-state index contributed by atoms with van der Waals surface area (Å²) in [7, 11) is 0. The fourth-order valence-corrected chi connectivity index (χ4v) is 2.14. The summed E-state index contributed by atoms with van der Waals surface area (Å²) in [6, 6.07) is 5.06. The van der Waals surface area contributed by atoms with Crippen LogP contribution in [0.2, 0.25) is 0 Å². The number of aryl methyl sites for hydroxylation is 1. The molecule has 1 N–H and O–H groups in total. The van der Waals surface area contributed by atoms with Crippen LogP contribution in [-0.2, 0) is 0 Å². The molecule has 0 saturated carbocycles. The lowest BCUT2D eigenvalue weighted by Gasteiger charge is -2.18. The van der Waals surface area contributed by atoms with E-state index in [1.54, 1.807) is 18.2 Å². The predicted octanol–water partition coefficient (Wildman–Crippen LogP) is 1.87. The molecule has 0 fully saturated rings. The number of nitrogens with one attached hydrogen (secondary N) is 1. The van der Waals surface area contributed by atoms with Crippen LogP contribution in [0.1, 0.15) is 15.4 Å². The van der Waals surface area contributed by atoms with E-state index >= 15 is 0 Å². The zero-order valence-corrected chi connectivity index (χ0v) is 11.0. The molecule has 7 heteroatoms. The molecule has 0 unspecified atom stereocenters. The number of carbonyl (C=O) groups excluding carboxylic acids is 1. The fraction of sp³-hybridized carbons (Fsp3) is 0.250. The number of hydrogen-bond acceptors (Lipinski definition) is 6. The van der Waals surface area contributed by atoms with E-state index < -0.39 is 0 Å². The second-order valence-corrected chi connectivity index (χ2v) is 4.91. The van der Waals surface area contributed by atoms with Gasteiger partial charge in [-0.15, -0.1) is 0 Å². The Balaban J connectivity index is 1.80. The first-order valence-electron chi connectivity index (χ1n) is 5.74. The average Bonchev–Trinajstić information content (AvgIpc) is 2.83. The minimum atomic E-state index is -0.269. The maximum Gasteiger partial charge on any atom is 0.258 e. The van der Waals surface area contributed by atoms with Gasteiger partial charge < -0.3 is 9.47 Å². The van der Waals surface area contributed by atoms with Crippen LogP contribution in [-0.4, -0.2) is 28.5 Å². The molecule has 0 radical (unpaired) electrons. The Morgan fingerprint density at radius 3 is 2.84 bits per heavy atom. The van der Waals surface area contributed by atoms with Gasteiger partial charge in [-0.25, -0.2) is 4.98 Å². The molecule has 2 aromatic rings. The Kier molecular flexibility index (Phi) is 3.04. The number of benzene rings is 1. The first kappa shape index (κ1) is 11.9. The minimum absolute atomic E-state index is 0.269. The van der Waals surface area contributed by atoms with Gasteiger partial charge in [0.05, 0.1) is 0 Å². The Morgan fingerprint density at radius 1 is 1.32 bits per heavy atom. The van der Waals surface area contributed by atoms with Gasteiger partial charge in [0.2, 0.25) is 5.95 Å². The van der Waals surface area contributed by atoms with Crippen LogP contribution in [0.15, 0.2) is 18.2 Å². The van der Waals surface area contributed by atoms with Crippen LogP contribution in [0.3, 0.4) is 0 Å². The number of ether oxygens (including phenoxy) is 2. The Hall–Kier alpha value is -2.15. The van der Waals surface area contributed by atoms with Gasteiger partial charge in [-0.05, 0) is 36.7 Å². The SMILES string of the molecule is Cc1nc(NC(=O)c2ccc3c(c2)OCCO3)ns1. The van der Waals surface area contributed by atoms with E-state index in [1.165, 1.54) is 11.5 Å². The topological polar surface area (TPSA) is 73.3 Å². The van der Waals surface area contributed by atoms with Crippen molar-refractivity contribution in [2.45, 2.75) is 6.92 Å². The molecular formula is C12H11N3O3S. The van der Waals surface area contributed by atoms with Gasteiger partial charge in [0.25, 0.3) is 5.91 Å². The summed E-state index contributed by atoms with van der Waals surface area (Å²) in [5, 5.41) is 3.44. The minimum Gasteiger partial charge on any atom is -0.486 e. The second-order valence-electron chi connectivity index (χ2n) is 3.95. The fourth-order valence-electron chi connectivity index (χ4n) is 1.71. The highest BCUT2D eigenvalue weighted by Gasteiger charge is 2.15. The highest BCUT2D eigenvalue weighted by atomic mass is 32.1. The van der Waals surface area contributed by atoms with Crippen molar-refractivity contribution < 1.29 is 14.3 Å². The molecule has 0 atom stereocenters. The van der Waals surface area contributed by atoms with E-state index in [9.17, 15) is 4.79 Å². The van der Waals surface area contributed by atoms with Gasteiger partial charge in [-0.3, -0.25) is 10.1 Å². The molecule has 2 heterocycles. The predicted molar refractivity (Wildman–Crippen MR) is 70.0 cm³/mol. The lowest BCUT2D eigenvalue weighted by Crippen LogP contribution is -2.17. The van der Waals surface area contributed by atoms with E-state index in [0.29, 0.717) is 36.2 Å². The highest BCUT2D eigenvalue weighted by Crippen LogP contribution is 2.30. The maximum absolute atomic E-state index is 12.0. The number of fused-ring (bicyclic) bond motifs is 1. The molecule has 19 heavy (non-hydrogen) atoms. The standard InChI is InChI=1S/C12H11N3O3S/c1-7-13-12(15-19-7)14-11(16)8-2-3-9-10(6-8)18-5-4-17-9/h2-3,6H,4-5H2,1H3,(H,14,15,16). The number of nitrogens with zero attached hydrogens (tertiary/aromatic N) is 2. The number of aromatic nitrogens is 2. The monoisotopic (exact) mass is 277 g/mol. The van der Waals surface area contributed by atoms with Gasteiger partial charge in [0.15, 0.2) is 11.5 Å². The first-order chi connectivity index (χ1) is 9.22. The summed E-state index contributed by atoms with van der Waals surface area (Å²) in [6.07, 6.45) is 0. The molecule has 3 rings (SSSR count). The molecular weight excluding hydrogens is 266 g/mol. The van der Waals surface area contributed by atoms with Crippen LogP contribution < -0.4 is 14.8 Å². The molecule has 0 saturated heterocycles. The Morgan fingerprint density at radius 2 is 2.11 bits per heavy atom. The summed E-state index contributed by atoms with van der Waals surface area (Å²) in [6.45, 7) is 2.85. The lowest BCUT2D eigenvalue weighted by atomic mass is 10.2. The van der Waals surface area contributed by atoms with E-state index in [-0.39, 0.29) is 5.91 Å². The summed E-state index contributed by atoms with van der Waals surface area (Å²) < 4.78 is 14.8. The first-order valence-corrected chi connectivity index (χ1v) is 6.51. The van der Waals surface area contributed by atoms with Crippen molar-refractivity contribution in [2.24, 2.45) is 0 Å². The smallest absolute Gasteiger partial charge is 0.258 e. The number of rotatable bonds is 2. The van der Waals surface area contributed by atoms with Crippen molar-refractivity contribution >= 4 is 23.4 Å². The number of anilines is 1. The quantitative estimate of drug-likeness (QED) is 0.907. The normalized spacial score (nSPS) is 13.1. The zero-order valence-electron chi connectivity index (χ0n) is 10.2. The Labute approximate surface area is 113 Å². The number of carbonyl (C=O) groups is 1. The van der Waals surface area contributed by atoms with Gasteiger partial charge in [-0.2, -0.15) is 4.37 Å². The van der Waals surface area contributed by atoms with Gasteiger partial charge in [-0.1, -0.05) is 0 Å². The Bertz CT molecular complexity index is 626. The van der Waals surface area contributed by atoms with Gasteiger partial charge in [0.1, 0.15) is 18.2 Å². The van der Waals surface area contributed by atoms with Crippen molar-refractivity contribution in [1.82, 2.24) is 9.36 Å². The summed E-state index contributed by atoms with van der Waals surface area (Å²) in [4.78, 5) is 16.1. The summed E-state index contributed by atoms with van der Waals surface area (Å²) in [5.41, 5.74) is 0.483. The van der Waals surface area contributed by atoms with Crippen LogP contribution in [0.5, 0.6) is 11.5 Å².